The van der Waals surface area contributed by atoms with Crippen molar-refractivity contribution in [1.29, 1.82) is 0 Å². The molecule has 8 N–H and O–H groups in total. The number of ether oxygens (including phenoxy) is 2. The molecular weight excluding hydrogens is 1030 g/mol. The largest absolute Gasteiger partial charge is 0.394 e. The van der Waals surface area contributed by atoms with Crippen molar-refractivity contribution in [2.45, 2.75) is 384 Å². The highest BCUT2D eigenvalue weighted by atomic mass is 16.7. The Morgan fingerprint density at radius 1 is 0.427 bits per heavy atom. The minimum atomic E-state index is -1.67. The molecule has 0 aromatic carbocycles. The average Bonchev–Trinajstić information content (AvgIpc) is 3.53. The number of unbranched alkanes of at least 4 members (excludes halogenated alkanes) is 41. The number of hydrogen-bond donors (Lipinski definition) is 8. The maximum atomic E-state index is 13.2. The van der Waals surface area contributed by atoms with Crippen LogP contribution in [0.1, 0.15) is 328 Å². The van der Waals surface area contributed by atoms with Gasteiger partial charge < -0.3 is 50.5 Å². The first-order valence-electron chi connectivity index (χ1n) is 35.0. The van der Waals surface area contributed by atoms with Gasteiger partial charge in [0, 0.05) is 0 Å². The molecule has 0 spiro atoms. The molecule has 9 atom stereocenters. The molecule has 0 bridgehead atoms. The topological polar surface area (TPSA) is 189 Å². The highest BCUT2D eigenvalue weighted by molar-refractivity contribution is 5.80. The number of aliphatic hydroxyl groups is 7. The van der Waals surface area contributed by atoms with Crippen molar-refractivity contribution in [1.82, 2.24) is 5.32 Å². The smallest absolute Gasteiger partial charge is 0.249 e. The van der Waals surface area contributed by atoms with E-state index in [0.717, 1.165) is 51.4 Å². The van der Waals surface area contributed by atoms with Gasteiger partial charge in [0.2, 0.25) is 5.91 Å². The van der Waals surface area contributed by atoms with Crippen LogP contribution in [0.15, 0.2) is 48.6 Å². The zero-order valence-electron chi connectivity index (χ0n) is 53.2. The van der Waals surface area contributed by atoms with Crippen LogP contribution in [-0.2, 0) is 14.3 Å². The van der Waals surface area contributed by atoms with Gasteiger partial charge in [-0.3, -0.25) is 4.79 Å². The zero-order chi connectivity index (χ0) is 59.6. The van der Waals surface area contributed by atoms with Gasteiger partial charge in [0.1, 0.15) is 36.6 Å². The maximum absolute atomic E-state index is 13.2. The Balaban J connectivity index is 2.25. The summed E-state index contributed by atoms with van der Waals surface area (Å²) in [6.45, 7) is 3.48. The first-order chi connectivity index (χ1) is 40.2. The minimum absolute atomic E-state index is 0.245. The summed E-state index contributed by atoms with van der Waals surface area (Å²) in [5, 5.41) is 76.5. The Labute approximate surface area is 504 Å². The number of carbonyl (C=O) groups is 1. The minimum Gasteiger partial charge on any atom is -0.394 e. The van der Waals surface area contributed by atoms with Crippen molar-refractivity contribution in [3.05, 3.63) is 48.6 Å². The van der Waals surface area contributed by atoms with Gasteiger partial charge in [0.05, 0.1) is 25.4 Å². The van der Waals surface area contributed by atoms with E-state index in [1.54, 1.807) is 0 Å². The number of rotatable bonds is 61. The van der Waals surface area contributed by atoms with Crippen molar-refractivity contribution >= 4 is 5.91 Å². The van der Waals surface area contributed by atoms with E-state index in [2.05, 4.69) is 67.8 Å². The third-order valence-corrected chi connectivity index (χ3v) is 16.8. The van der Waals surface area contributed by atoms with Crippen LogP contribution < -0.4 is 5.32 Å². The highest BCUT2D eigenvalue weighted by Gasteiger charge is 2.44. The summed E-state index contributed by atoms with van der Waals surface area (Å²) in [5.74, 6) is -0.710. The van der Waals surface area contributed by atoms with E-state index in [1.807, 2.05) is 0 Å². The van der Waals surface area contributed by atoms with Crippen LogP contribution in [0.3, 0.4) is 0 Å². The molecular formula is C71H133NO10. The van der Waals surface area contributed by atoms with Crippen LogP contribution in [0, 0.1) is 0 Å². The number of carbonyl (C=O) groups excluding carboxylic acids is 1. The lowest BCUT2D eigenvalue weighted by molar-refractivity contribution is -0.303. The molecule has 11 nitrogen and oxygen atoms in total. The summed E-state index contributed by atoms with van der Waals surface area (Å²) >= 11 is 0. The van der Waals surface area contributed by atoms with E-state index in [0.29, 0.717) is 19.3 Å². The summed E-state index contributed by atoms with van der Waals surface area (Å²) < 4.78 is 11.2. The second-order valence-electron chi connectivity index (χ2n) is 24.6. The quantitative estimate of drug-likeness (QED) is 0.0215. The number of aliphatic hydroxyl groups excluding tert-OH is 7. The highest BCUT2D eigenvalue weighted by Crippen LogP contribution is 2.24. The predicted molar refractivity (Wildman–Crippen MR) is 344 cm³/mol. The standard InChI is InChI=1S/C71H133NO10/c1-3-5-7-9-11-13-15-17-19-21-23-25-27-29-31-32-33-35-36-38-40-42-44-46-48-50-52-54-56-58-63(74)66(76)62(61-81-71-69(79)68(78)67(77)65(60-73)82-71)72-70(80)64(75)59-57-55-53-51-49-47-45-43-41-39-37-34-30-28-26-24-22-20-18-16-14-12-10-8-6-4-2/h24,26,30,34,42,44,50,52,62-69,71,73-79H,3-23,25,27-29,31-33,35-41,43,45-49,51,53-61H2,1-2H3,(H,72,80)/b26-24-,34-30-,44-42+,52-50+. The molecule has 0 saturated carbocycles. The molecule has 1 amide bonds. The lowest BCUT2D eigenvalue weighted by Gasteiger charge is -2.40. The van der Waals surface area contributed by atoms with Gasteiger partial charge in [-0.05, 0) is 83.5 Å². The second-order valence-corrected chi connectivity index (χ2v) is 24.6. The molecule has 1 aliphatic heterocycles. The Morgan fingerprint density at radius 2 is 0.768 bits per heavy atom. The monoisotopic (exact) mass is 1160 g/mol. The molecule has 0 aromatic heterocycles. The van der Waals surface area contributed by atoms with Crippen LogP contribution in [0.5, 0.6) is 0 Å². The molecule has 0 aliphatic carbocycles. The number of hydrogen-bond acceptors (Lipinski definition) is 10. The lowest BCUT2D eigenvalue weighted by Crippen LogP contribution is -2.60. The normalized spacial score (nSPS) is 19.4. The molecule has 1 saturated heterocycles. The van der Waals surface area contributed by atoms with Gasteiger partial charge in [-0.1, -0.05) is 294 Å². The molecule has 82 heavy (non-hydrogen) atoms. The average molecular weight is 1160 g/mol. The Morgan fingerprint density at radius 3 is 1.16 bits per heavy atom. The van der Waals surface area contributed by atoms with Crippen molar-refractivity contribution in [3.63, 3.8) is 0 Å². The molecule has 1 fully saturated rings. The van der Waals surface area contributed by atoms with Gasteiger partial charge in [0.15, 0.2) is 6.29 Å². The predicted octanol–water partition coefficient (Wildman–Crippen LogP) is 16.7. The van der Waals surface area contributed by atoms with Crippen molar-refractivity contribution in [2.24, 2.45) is 0 Å². The zero-order valence-corrected chi connectivity index (χ0v) is 53.2. The fraction of sp³-hybridized carbons (Fsp3) is 0.873. The van der Waals surface area contributed by atoms with Gasteiger partial charge in [-0.2, -0.15) is 0 Å². The molecule has 0 radical (unpaired) electrons. The van der Waals surface area contributed by atoms with Gasteiger partial charge in [0.25, 0.3) is 0 Å². The van der Waals surface area contributed by atoms with E-state index >= 15 is 0 Å². The van der Waals surface area contributed by atoms with Gasteiger partial charge >= 0.3 is 0 Å². The summed E-state index contributed by atoms with van der Waals surface area (Å²) in [6.07, 6.45) is 66.2. The molecule has 11 heteroatoms. The molecule has 9 unspecified atom stereocenters. The van der Waals surface area contributed by atoms with E-state index in [1.165, 1.54) is 231 Å². The van der Waals surface area contributed by atoms with Crippen LogP contribution in [0.4, 0.5) is 0 Å². The van der Waals surface area contributed by atoms with Crippen LogP contribution in [0.2, 0.25) is 0 Å². The van der Waals surface area contributed by atoms with Crippen LogP contribution in [0.25, 0.3) is 0 Å². The summed E-state index contributed by atoms with van der Waals surface area (Å²) in [4.78, 5) is 13.2. The van der Waals surface area contributed by atoms with Crippen LogP contribution >= 0.6 is 0 Å². The van der Waals surface area contributed by atoms with Crippen molar-refractivity contribution in [3.8, 4) is 0 Å². The van der Waals surface area contributed by atoms with E-state index in [9.17, 15) is 40.5 Å². The lowest BCUT2D eigenvalue weighted by atomic mass is 9.98. The van der Waals surface area contributed by atoms with E-state index < -0.39 is 74.2 Å². The second kappa shape index (κ2) is 59.4. The molecule has 482 valence electrons. The van der Waals surface area contributed by atoms with E-state index in [-0.39, 0.29) is 12.8 Å². The Kier molecular flexibility index (Phi) is 56.6. The third kappa shape index (κ3) is 46.3. The van der Waals surface area contributed by atoms with Gasteiger partial charge in [-0.15, -0.1) is 0 Å². The summed E-state index contributed by atoms with van der Waals surface area (Å²) in [6, 6.07) is -1.20. The summed E-state index contributed by atoms with van der Waals surface area (Å²) in [7, 11) is 0. The Hall–Kier alpha value is -1.93. The Bertz CT molecular complexity index is 1470. The molecule has 1 heterocycles. The molecule has 1 aliphatic rings. The summed E-state index contributed by atoms with van der Waals surface area (Å²) in [5.41, 5.74) is 0. The molecule has 0 aromatic rings. The van der Waals surface area contributed by atoms with Crippen molar-refractivity contribution < 1.29 is 50.0 Å². The maximum Gasteiger partial charge on any atom is 0.249 e. The third-order valence-electron chi connectivity index (χ3n) is 16.8. The SMILES string of the molecule is CCCCCCCCCCC/C=C\C/C=C\CCCCCCCCCCCCC(O)C(=O)NC(COC1OC(CO)C(O)C(O)C1O)C(O)C(O)CCC/C=C/CC/C=C/CCCCCCCCCCCCCCCCCCCCCC. The van der Waals surface area contributed by atoms with Crippen molar-refractivity contribution in [2.75, 3.05) is 13.2 Å². The fourth-order valence-corrected chi connectivity index (χ4v) is 11.2. The number of allylic oxidation sites excluding steroid dienone is 8. The molecule has 1 rings (SSSR count). The van der Waals surface area contributed by atoms with Gasteiger partial charge in [-0.25, -0.2) is 0 Å². The van der Waals surface area contributed by atoms with Crippen LogP contribution in [-0.4, -0.2) is 110 Å². The first-order valence-corrected chi connectivity index (χ1v) is 35.0. The number of nitrogens with one attached hydrogen (secondary N) is 1. The first kappa shape index (κ1) is 78.1. The van der Waals surface area contributed by atoms with E-state index in [4.69, 9.17) is 9.47 Å². The fourth-order valence-electron chi connectivity index (χ4n) is 11.2. The number of amides is 1.